The number of hydrogen-bond donors (Lipinski definition) is 2. The van der Waals surface area contributed by atoms with E-state index in [1.54, 1.807) is 0 Å². The number of hydrazine groups is 1. The van der Waals surface area contributed by atoms with Crippen LogP contribution in [0, 0.1) is 10.1 Å². The minimum absolute atomic E-state index is 0.0598. The lowest BCUT2D eigenvalue weighted by atomic mass is 10.2. The summed E-state index contributed by atoms with van der Waals surface area (Å²) in [4.78, 5) is 21.4. The number of hydrogen-bond acceptors (Lipinski definition) is 6. The first kappa shape index (κ1) is 13.7. The molecule has 0 aliphatic heterocycles. The van der Waals surface area contributed by atoms with Crippen LogP contribution in [0.2, 0.25) is 0 Å². The summed E-state index contributed by atoms with van der Waals surface area (Å²) in [5.41, 5.74) is 1.64. The van der Waals surface area contributed by atoms with E-state index in [0.717, 1.165) is 0 Å². The molecular weight excluding hydrogens is 242 g/mol. The highest BCUT2D eigenvalue weighted by atomic mass is 16.6. The van der Waals surface area contributed by atoms with Gasteiger partial charge in [-0.1, -0.05) is 0 Å². The van der Waals surface area contributed by atoms with Crippen molar-refractivity contribution in [2.75, 3.05) is 7.11 Å². The zero-order chi connectivity index (χ0) is 13.7. The molecule has 0 heterocycles. The Morgan fingerprint density at radius 2 is 2.22 bits per heavy atom. The van der Waals surface area contributed by atoms with Gasteiger partial charge in [0.15, 0.2) is 6.10 Å². The minimum Gasteiger partial charge on any atom is -0.497 e. The third-order valence-corrected chi connectivity index (χ3v) is 2.18. The van der Waals surface area contributed by atoms with Crippen LogP contribution in [0.15, 0.2) is 18.2 Å². The van der Waals surface area contributed by atoms with Crippen molar-refractivity contribution in [3.05, 3.63) is 28.3 Å². The van der Waals surface area contributed by atoms with E-state index in [1.165, 1.54) is 32.2 Å². The van der Waals surface area contributed by atoms with E-state index < -0.39 is 16.9 Å². The number of benzene rings is 1. The number of methoxy groups -OCH3 is 1. The van der Waals surface area contributed by atoms with Gasteiger partial charge in [0.1, 0.15) is 5.75 Å². The van der Waals surface area contributed by atoms with Crippen LogP contribution < -0.4 is 20.7 Å². The van der Waals surface area contributed by atoms with Crippen LogP contribution in [-0.4, -0.2) is 24.0 Å². The summed E-state index contributed by atoms with van der Waals surface area (Å²) in [6.45, 7) is 1.42. The Kier molecular flexibility index (Phi) is 4.44. The van der Waals surface area contributed by atoms with E-state index in [9.17, 15) is 14.9 Å². The maximum atomic E-state index is 11.2. The molecule has 0 saturated heterocycles. The third kappa shape index (κ3) is 3.08. The predicted octanol–water partition coefficient (Wildman–Crippen LogP) is 0.361. The number of carbonyl (C=O) groups is 1. The lowest BCUT2D eigenvalue weighted by molar-refractivity contribution is -0.386. The van der Waals surface area contributed by atoms with Crippen molar-refractivity contribution < 1.29 is 19.2 Å². The molecule has 1 atom stereocenters. The van der Waals surface area contributed by atoms with Crippen molar-refractivity contribution in [3.63, 3.8) is 0 Å². The normalized spacial score (nSPS) is 11.5. The first-order valence-electron chi connectivity index (χ1n) is 4.99. The fraction of sp³-hybridized carbons (Fsp3) is 0.300. The molecule has 1 aromatic carbocycles. The summed E-state index contributed by atoms with van der Waals surface area (Å²) < 4.78 is 10.1. The predicted molar refractivity (Wildman–Crippen MR) is 62.1 cm³/mol. The van der Waals surface area contributed by atoms with Gasteiger partial charge < -0.3 is 9.47 Å². The van der Waals surface area contributed by atoms with Crippen LogP contribution in [0.3, 0.4) is 0 Å². The van der Waals surface area contributed by atoms with Gasteiger partial charge in [-0.05, 0) is 13.0 Å². The lowest BCUT2D eigenvalue weighted by Crippen LogP contribution is -2.40. The van der Waals surface area contributed by atoms with Gasteiger partial charge in [0.05, 0.1) is 12.0 Å². The number of nitro benzene ring substituents is 1. The Balaban J connectivity index is 3.04. The molecule has 0 aliphatic carbocycles. The highest BCUT2D eigenvalue weighted by Crippen LogP contribution is 2.31. The van der Waals surface area contributed by atoms with Gasteiger partial charge >= 0.3 is 5.69 Å². The van der Waals surface area contributed by atoms with Crippen LogP contribution >= 0.6 is 0 Å². The molecule has 0 bridgehead atoms. The fourth-order valence-electron chi connectivity index (χ4n) is 1.23. The number of amides is 1. The molecule has 0 aromatic heterocycles. The zero-order valence-corrected chi connectivity index (χ0v) is 9.88. The highest BCUT2D eigenvalue weighted by Gasteiger charge is 2.21. The number of rotatable bonds is 5. The van der Waals surface area contributed by atoms with Crippen molar-refractivity contribution in [2.24, 2.45) is 5.84 Å². The smallest absolute Gasteiger partial charge is 0.311 e. The molecule has 0 radical (unpaired) electrons. The molecule has 0 fully saturated rings. The average Bonchev–Trinajstić information content (AvgIpc) is 2.37. The average molecular weight is 255 g/mol. The Hall–Kier alpha value is -2.35. The van der Waals surface area contributed by atoms with E-state index in [4.69, 9.17) is 15.3 Å². The second-order valence-corrected chi connectivity index (χ2v) is 3.36. The van der Waals surface area contributed by atoms with Crippen LogP contribution in [0.25, 0.3) is 0 Å². The van der Waals surface area contributed by atoms with Crippen molar-refractivity contribution in [1.82, 2.24) is 5.43 Å². The van der Waals surface area contributed by atoms with Crippen molar-refractivity contribution >= 4 is 11.6 Å². The van der Waals surface area contributed by atoms with Gasteiger partial charge in [-0.25, -0.2) is 5.84 Å². The summed E-state index contributed by atoms with van der Waals surface area (Å²) in [5, 5.41) is 10.8. The van der Waals surface area contributed by atoms with Crippen LogP contribution in [0.1, 0.15) is 6.92 Å². The van der Waals surface area contributed by atoms with E-state index in [0.29, 0.717) is 5.75 Å². The first-order chi connectivity index (χ1) is 8.49. The summed E-state index contributed by atoms with van der Waals surface area (Å²) >= 11 is 0. The Morgan fingerprint density at radius 1 is 1.56 bits per heavy atom. The maximum Gasteiger partial charge on any atom is 0.311 e. The van der Waals surface area contributed by atoms with Gasteiger partial charge in [0, 0.05) is 12.1 Å². The molecule has 0 saturated carbocycles. The van der Waals surface area contributed by atoms with E-state index in [-0.39, 0.29) is 11.4 Å². The largest absolute Gasteiger partial charge is 0.497 e. The Morgan fingerprint density at radius 3 is 2.72 bits per heavy atom. The Bertz CT molecular complexity index is 463. The van der Waals surface area contributed by atoms with E-state index >= 15 is 0 Å². The van der Waals surface area contributed by atoms with Crippen molar-refractivity contribution in [1.29, 1.82) is 0 Å². The Labute approximate surface area is 103 Å². The quantitative estimate of drug-likeness (QED) is 0.339. The topological polar surface area (TPSA) is 117 Å². The number of carbonyl (C=O) groups excluding carboxylic acids is 1. The molecule has 0 spiro atoms. The SMILES string of the molecule is COc1ccc([N+](=O)[O-])c(OC(C)C(=O)NN)c1. The number of nitrogens with one attached hydrogen (secondary N) is 1. The van der Waals surface area contributed by atoms with Crippen LogP contribution in [0.5, 0.6) is 11.5 Å². The van der Waals surface area contributed by atoms with Gasteiger partial charge in [0.2, 0.25) is 5.75 Å². The van der Waals surface area contributed by atoms with Gasteiger partial charge in [-0.2, -0.15) is 0 Å². The molecule has 8 nitrogen and oxygen atoms in total. The number of nitro groups is 1. The first-order valence-corrected chi connectivity index (χ1v) is 4.99. The fourth-order valence-corrected chi connectivity index (χ4v) is 1.23. The van der Waals surface area contributed by atoms with Gasteiger partial charge in [-0.3, -0.25) is 20.3 Å². The highest BCUT2D eigenvalue weighted by molar-refractivity contribution is 5.80. The molecule has 1 rings (SSSR count). The molecule has 1 amide bonds. The number of nitrogens with two attached hydrogens (primary N) is 1. The second-order valence-electron chi connectivity index (χ2n) is 3.36. The maximum absolute atomic E-state index is 11.2. The molecule has 1 unspecified atom stereocenters. The molecular formula is C10H13N3O5. The van der Waals surface area contributed by atoms with Gasteiger partial charge in [-0.15, -0.1) is 0 Å². The minimum atomic E-state index is -0.958. The molecule has 98 valence electrons. The summed E-state index contributed by atoms with van der Waals surface area (Å²) in [5.74, 6) is 4.68. The van der Waals surface area contributed by atoms with Crippen molar-refractivity contribution in [2.45, 2.75) is 13.0 Å². The van der Waals surface area contributed by atoms with Crippen molar-refractivity contribution in [3.8, 4) is 11.5 Å². The third-order valence-electron chi connectivity index (χ3n) is 2.18. The lowest BCUT2D eigenvalue weighted by Gasteiger charge is -2.13. The van der Waals surface area contributed by atoms with E-state index in [2.05, 4.69) is 0 Å². The molecule has 18 heavy (non-hydrogen) atoms. The summed E-state index contributed by atoms with van der Waals surface area (Å²) in [6.07, 6.45) is -0.958. The molecule has 3 N–H and O–H groups in total. The summed E-state index contributed by atoms with van der Waals surface area (Å²) in [6, 6.07) is 4.00. The van der Waals surface area contributed by atoms with Gasteiger partial charge in [0.25, 0.3) is 5.91 Å². The second kappa shape index (κ2) is 5.82. The van der Waals surface area contributed by atoms with Crippen LogP contribution in [0.4, 0.5) is 5.69 Å². The standard InChI is InChI=1S/C10H13N3O5/c1-6(10(14)12-11)18-9-5-7(17-2)3-4-8(9)13(15)16/h3-6H,11H2,1-2H3,(H,12,14). The van der Waals surface area contributed by atoms with E-state index in [1.807, 2.05) is 5.43 Å². The van der Waals surface area contributed by atoms with Crippen LogP contribution in [-0.2, 0) is 4.79 Å². The number of nitrogens with zero attached hydrogens (tertiary/aromatic N) is 1. The molecule has 0 aliphatic rings. The number of ether oxygens (including phenoxy) is 2. The zero-order valence-electron chi connectivity index (χ0n) is 9.88. The summed E-state index contributed by atoms with van der Waals surface area (Å²) in [7, 11) is 1.42. The monoisotopic (exact) mass is 255 g/mol. The molecule has 8 heteroatoms. The molecule has 1 aromatic rings.